The summed E-state index contributed by atoms with van der Waals surface area (Å²) in [4.78, 5) is 10.0. The first-order valence-electron chi connectivity index (χ1n) is 5.66. The molecule has 1 unspecified atom stereocenters. The number of primary amides is 1. The largest absolute Gasteiger partial charge is 0.452 e. The molecule has 1 amide bonds. The molecule has 0 spiro atoms. The van der Waals surface area contributed by atoms with Crippen LogP contribution in [0.1, 0.15) is 20.8 Å². The number of amides is 1. The number of carbonyl (C=O) groups is 1. The first-order chi connectivity index (χ1) is 8.37. The van der Waals surface area contributed by atoms with E-state index in [0.717, 1.165) is 11.4 Å². The molecule has 1 saturated heterocycles. The van der Waals surface area contributed by atoms with Crippen LogP contribution in [-0.4, -0.2) is 18.0 Å². The Morgan fingerprint density at radius 2 is 2.11 bits per heavy atom. The maximum Gasteiger partial charge on any atom is 0.405 e. The average Bonchev–Trinajstić information content (AvgIpc) is 2.88. The van der Waals surface area contributed by atoms with Crippen molar-refractivity contribution in [3.05, 3.63) is 24.3 Å². The first-order valence-corrected chi connectivity index (χ1v) is 5.66. The summed E-state index contributed by atoms with van der Waals surface area (Å²) >= 11 is 0. The van der Waals surface area contributed by atoms with Crippen molar-refractivity contribution in [1.29, 1.82) is 0 Å². The highest BCUT2D eigenvalue weighted by Crippen LogP contribution is 2.40. The number of carbonyl (C=O) groups excluding carboxylic acids is 1. The van der Waals surface area contributed by atoms with E-state index in [0.29, 0.717) is 0 Å². The standard InChI is InChI=1S/C7H6N2O.C5H11NO2/c1-2-4-6-5(3-1)9-7(8-9)10-6;1-5(2,3)8-4(6)7/h1-4,7-8H;1-3H3,(H2,6,7). The van der Waals surface area contributed by atoms with Gasteiger partial charge in [0.15, 0.2) is 0 Å². The third-order valence-corrected chi connectivity index (χ3v) is 2.19. The lowest BCUT2D eigenvalue weighted by molar-refractivity contribution is 0.0600. The second kappa shape index (κ2) is 4.38. The van der Waals surface area contributed by atoms with Crippen LogP contribution in [0.2, 0.25) is 0 Å². The molecule has 0 radical (unpaired) electrons. The molecule has 1 atom stereocenters. The predicted molar refractivity (Wildman–Crippen MR) is 66.9 cm³/mol. The fourth-order valence-electron chi connectivity index (χ4n) is 1.54. The van der Waals surface area contributed by atoms with E-state index in [9.17, 15) is 4.79 Å². The lowest BCUT2D eigenvalue weighted by atomic mass is 10.2. The van der Waals surface area contributed by atoms with Gasteiger partial charge in [0.05, 0.1) is 5.69 Å². The number of nitrogens with zero attached hydrogens (tertiary/aromatic N) is 1. The molecule has 3 rings (SSSR count). The number of nitrogens with two attached hydrogens (primary N) is 1. The molecule has 3 N–H and O–H groups in total. The topological polar surface area (TPSA) is 86.5 Å². The highest BCUT2D eigenvalue weighted by Gasteiger charge is 2.43. The monoisotopic (exact) mass is 251 g/mol. The van der Waals surface area contributed by atoms with Crippen molar-refractivity contribution < 1.29 is 14.3 Å². The molecule has 0 saturated carbocycles. The van der Waals surface area contributed by atoms with Gasteiger partial charge in [-0.2, -0.15) is 5.43 Å². The maximum atomic E-state index is 10.0. The molecular formula is C12H17N3O3. The number of rotatable bonds is 0. The fourth-order valence-corrected chi connectivity index (χ4v) is 1.54. The summed E-state index contributed by atoms with van der Waals surface area (Å²) in [6, 6.07) is 7.99. The van der Waals surface area contributed by atoms with Crippen LogP contribution in [0.4, 0.5) is 10.5 Å². The van der Waals surface area contributed by atoms with Crippen LogP contribution in [0.15, 0.2) is 24.3 Å². The number of benzene rings is 1. The Balaban J connectivity index is 0.000000139. The molecule has 0 aromatic heterocycles. The normalized spacial score (nSPS) is 18.8. The Labute approximate surface area is 106 Å². The highest BCUT2D eigenvalue weighted by atomic mass is 16.6. The lowest BCUT2D eigenvalue weighted by Gasteiger charge is -2.16. The van der Waals surface area contributed by atoms with Crippen LogP contribution in [0.5, 0.6) is 5.75 Å². The lowest BCUT2D eigenvalue weighted by Crippen LogP contribution is -2.27. The van der Waals surface area contributed by atoms with Gasteiger partial charge in [0, 0.05) is 0 Å². The third kappa shape index (κ3) is 3.04. The second-order valence-corrected chi connectivity index (χ2v) is 4.97. The van der Waals surface area contributed by atoms with Gasteiger partial charge in [-0.15, -0.1) is 0 Å². The van der Waals surface area contributed by atoms with Gasteiger partial charge in [-0.25, -0.2) is 9.80 Å². The molecule has 0 bridgehead atoms. The average molecular weight is 251 g/mol. The molecule has 18 heavy (non-hydrogen) atoms. The first kappa shape index (κ1) is 12.5. The SMILES string of the molecule is CC(C)(C)OC(N)=O.c1ccc2c(c1)OC1NN21. The Kier molecular flexibility index (Phi) is 3.04. The van der Waals surface area contributed by atoms with Gasteiger partial charge in [-0.1, -0.05) is 12.1 Å². The zero-order valence-electron chi connectivity index (χ0n) is 10.6. The zero-order chi connectivity index (χ0) is 13.3. The summed E-state index contributed by atoms with van der Waals surface area (Å²) in [7, 11) is 0. The molecule has 2 heterocycles. The maximum absolute atomic E-state index is 10.0. The summed E-state index contributed by atoms with van der Waals surface area (Å²) in [6.07, 6.45) is -0.602. The summed E-state index contributed by atoms with van der Waals surface area (Å²) in [5.74, 6) is 0.978. The van der Waals surface area contributed by atoms with Crippen LogP contribution in [0.3, 0.4) is 0 Å². The van der Waals surface area contributed by atoms with E-state index >= 15 is 0 Å². The van der Waals surface area contributed by atoms with Gasteiger partial charge in [0.25, 0.3) is 6.35 Å². The van der Waals surface area contributed by atoms with Crippen molar-refractivity contribution in [3.8, 4) is 5.75 Å². The molecule has 0 aliphatic carbocycles. The van der Waals surface area contributed by atoms with E-state index in [1.165, 1.54) is 0 Å². The van der Waals surface area contributed by atoms with E-state index in [-0.39, 0.29) is 6.35 Å². The Bertz CT molecular complexity index is 456. The van der Waals surface area contributed by atoms with Crippen LogP contribution in [0.25, 0.3) is 0 Å². The van der Waals surface area contributed by atoms with Gasteiger partial charge in [0.1, 0.15) is 11.4 Å². The van der Waals surface area contributed by atoms with Gasteiger partial charge in [-0.05, 0) is 32.9 Å². The van der Waals surface area contributed by atoms with Crippen molar-refractivity contribution >= 4 is 11.8 Å². The number of anilines is 1. The summed E-state index contributed by atoms with van der Waals surface area (Å²) in [6.45, 7) is 5.28. The van der Waals surface area contributed by atoms with Crippen LogP contribution < -0.4 is 20.9 Å². The van der Waals surface area contributed by atoms with E-state index in [4.69, 9.17) is 10.5 Å². The molecule has 1 aromatic carbocycles. The quantitative estimate of drug-likeness (QED) is 0.683. The minimum absolute atomic E-state index is 0.123. The number of fused-ring (bicyclic) bond motifs is 3. The van der Waals surface area contributed by atoms with Crippen molar-refractivity contribution in [3.63, 3.8) is 0 Å². The van der Waals surface area contributed by atoms with E-state index in [2.05, 4.69) is 10.2 Å². The highest BCUT2D eigenvalue weighted by molar-refractivity contribution is 5.65. The minimum atomic E-state index is -0.725. The predicted octanol–water partition coefficient (Wildman–Crippen LogP) is 1.57. The molecule has 2 aliphatic rings. The smallest absolute Gasteiger partial charge is 0.405 e. The van der Waals surface area contributed by atoms with E-state index in [1.54, 1.807) is 20.8 Å². The Hall–Kier alpha value is -1.95. The molecule has 98 valence electrons. The van der Waals surface area contributed by atoms with Gasteiger partial charge >= 0.3 is 6.09 Å². The number of ether oxygens (including phenoxy) is 2. The number of hydrogen-bond donors (Lipinski definition) is 2. The molecule has 6 heteroatoms. The van der Waals surface area contributed by atoms with Crippen molar-refractivity contribution in [2.45, 2.75) is 32.7 Å². The Morgan fingerprint density at radius 3 is 2.61 bits per heavy atom. The van der Waals surface area contributed by atoms with Crippen LogP contribution >= 0.6 is 0 Å². The van der Waals surface area contributed by atoms with Crippen molar-refractivity contribution in [1.82, 2.24) is 5.43 Å². The minimum Gasteiger partial charge on any atom is -0.452 e. The molecular weight excluding hydrogens is 234 g/mol. The fraction of sp³-hybridized carbons (Fsp3) is 0.417. The summed E-state index contributed by atoms with van der Waals surface area (Å²) < 4.78 is 9.97. The van der Waals surface area contributed by atoms with E-state index in [1.807, 2.05) is 29.3 Å². The van der Waals surface area contributed by atoms with Crippen LogP contribution in [0, 0.1) is 0 Å². The van der Waals surface area contributed by atoms with Gasteiger partial charge in [0.2, 0.25) is 0 Å². The third-order valence-electron chi connectivity index (χ3n) is 2.19. The Morgan fingerprint density at radius 1 is 1.44 bits per heavy atom. The van der Waals surface area contributed by atoms with Crippen molar-refractivity contribution in [2.75, 3.05) is 5.01 Å². The number of hydrogen-bond acceptors (Lipinski definition) is 5. The molecule has 1 aromatic rings. The van der Waals surface area contributed by atoms with Crippen molar-refractivity contribution in [2.24, 2.45) is 5.73 Å². The second-order valence-electron chi connectivity index (χ2n) is 4.97. The number of hydrazine groups is 1. The molecule has 2 aliphatic heterocycles. The zero-order valence-corrected chi connectivity index (χ0v) is 10.6. The van der Waals surface area contributed by atoms with Gasteiger partial charge in [-0.3, -0.25) is 0 Å². The molecule has 1 fully saturated rings. The number of para-hydroxylation sites is 2. The van der Waals surface area contributed by atoms with Gasteiger partial charge < -0.3 is 15.2 Å². The molecule has 6 nitrogen and oxygen atoms in total. The summed E-state index contributed by atoms with van der Waals surface area (Å²) in [5, 5.41) is 2.00. The number of nitrogens with one attached hydrogen (secondary N) is 1. The van der Waals surface area contributed by atoms with Crippen LogP contribution in [-0.2, 0) is 4.74 Å². The van der Waals surface area contributed by atoms with E-state index < -0.39 is 11.7 Å². The summed E-state index contributed by atoms with van der Waals surface area (Å²) in [5.41, 5.74) is 8.45.